The van der Waals surface area contributed by atoms with Gasteiger partial charge in [0.2, 0.25) is 0 Å². The zero-order valence-corrected chi connectivity index (χ0v) is 10.5. The van der Waals surface area contributed by atoms with Crippen LogP contribution in [0.1, 0.15) is 45.1 Å². The van der Waals surface area contributed by atoms with Crippen molar-refractivity contribution >= 4 is 12.3 Å². The molecule has 0 N–H and O–H groups in total. The van der Waals surface area contributed by atoms with E-state index in [1.54, 1.807) is 0 Å². The normalized spacial score (nSPS) is 19.2. The zero-order valence-electron chi connectivity index (χ0n) is 10.5. The second-order valence-corrected chi connectivity index (χ2v) is 5.11. The van der Waals surface area contributed by atoms with Gasteiger partial charge in [-0.3, -0.25) is 0 Å². The molecule has 0 aromatic carbocycles. The second kappa shape index (κ2) is 4.28. The first-order valence-corrected chi connectivity index (χ1v) is 6.03. The van der Waals surface area contributed by atoms with E-state index in [1.807, 2.05) is 0 Å². The highest BCUT2D eigenvalue weighted by Gasteiger charge is 2.12. The third-order valence-electron chi connectivity index (χ3n) is 3.08. The number of nitrogens with zero attached hydrogens (tertiary/aromatic N) is 2. The van der Waals surface area contributed by atoms with E-state index in [0.29, 0.717) is 17.8 Å². The smallest absolute Gasteiger partial charge is 0.136 e. The minimum Gasteiger partial charge on any atom is -0.307 e. The van der Waals surface area contributed by atoms with Gasteiger partial charge in [-0.2, -0.15) is 0 Å². The van der Waals surface area contributed by atoms with Gasteiger partial charge in [0.15, 0.2) is 0 Å². The molecule has 2 nitrogen and oxygen atoms in total. The van der Waals surface area contributed by atoms with Crippen LogP contribution in [0.3, 0.4) is 0 Å². The van der Waals surface area contributed by atoms with E-state index in [1.165, 1.54) is 0 Å². The lowest BCUT2D eigenvalue weighted by atomic mass is 9.96. The van der Waals surface area contributed by atoms with Crippen LogP contribution in [0.2, 0.25) is 0 Å². The number of aromatic nitrogens is 2. The van der Waals surface area contributed by atoms with Crippen molar-refractivity contribution in [1.82, 2.24) is 9.55 Å². The molecule has 0 bridgehead atoms. The maximum atomic E-state index is 4.63. The van der Waals surface area contributed by atoms with Crippen molar-refractivity contribution in [2.45, 2.75) is 33.6 Å². The maximum Gasteiger partial charge on any atom is 0.136 e. The average Bonchev–Trinajstić information content (AvgIpc) is 2.52. The first-order valence-electron chi connectivity index (χ1n) is 6.03. The lowest BCUT2D eigenvalue weighted by molar-refractivity contribution is 0.553. The molecule has 16 heavy (non-hydrogen) atoms. The van der Waals surface area contributed by atoms with E-state index in [4.69, 9.17) is 0 Å². The Labute approximate surface area is 97.7 Å². The van der Waals surface area contributed by atoms with Gasteiger partial charge < -0.3 is 4.57 Å². The van der Waals surface area contributed by atoms with Gasteiger partial charge in [0, 0.05) is 12.4 Å². The molecule has 86 valence electrons. The minimum atomic E-state index is 0.488. The summed E-state index contributed by atoms with van der Waals surface area (Å²) >= 11 is 0. The van der Waals surface area contributed by atoms with Crippen LogP contribution in [-0.2, 0) is 0 Å². The van der Waals surface area contributed by atoms with Crippen LogP contribution in [0, 0.1) is 11.8 Å². The SMILES string of the molecule is CC(C)c1cn2c(n1)C=CC(C(C)C)C=C2. The summed E-state index contributed by atoms with van der Waals surface area (Å²) in [5.74, 6) is 2.69. The van der Waals surface area contributed by atoms with E-state index in [-0.39, 0.29) is 0 Å². The molecule has 0 spiro atoms. The standard InChI is InChI=1S/C14H20N2/c1-10(2)12-5-6-14-15-13(11(3)4)9-16(14)8-7-12/h5-12H,1-4H3. The summed E-state index contributed by atoms with van der Waals surface area (Å²) in [5.41, 5.74) is 1.16. The van der Waals surface area contributed by atoms with Crippen LogP contribution in [-0.4, -0.2) is 9.55 Å². The Hall–Kier alpha value is -1.31. The highest BCUT2D eigenvalue weighted by molar-refractivity contribution is 5.50. The molecule has 0 aliphatic carbocycles. The number of rotatable bonds is 2. The fraction of sp³-hybridized carbons (Fsp3) is 0.500. The molecule has 2 heterocycles. The lowest BCUT2D eigenvalue weighted by Crippen LogP contribution is -2.00. The highest BCUT2D eigenvalue weighted by atomic mass is 15.1. The summed E-state index contributed by atoms with van der Waals surface area (Å²) < 4.78 is 2.12. The predicted octanol–water partition coefficient (Wildman–Crippen LogP) is 3.78. The van der Waals surface area contributed by atoms with Crippen molar-refractivity contribution in [3.05, 3.63) is 29.9 Å². The molecule has 1 aliphatic heterocycles. The molecular formula is C14H20N2. The van der Waals surface area contributed by atoms with Crippen molar-refractivity contribution in [1.29, 1.82) is 0 Å². The Morgan fingerprint density at radius 3 is 2.56 bits per heavy atom. The largest absolute Gasteiger partial charge is 0.307 e. The molecule has 0 radical (unpaired) electrons. The quantitative estimate of drug-likeness (QED) is 0.735. The number of allylic oxidation sites excluding steroid dienone is 2. The predicted molar refractivity (Wildman–Crippen MR) is 69.0 cm³/mol. The van der Waals surface area contributed by atoms with Crippen molar-refractivity contribution in [2.24, 2.45) is 11.8 Å². The fourth-order valence-corrected chi connectivity index (χ4v) is 1.85. The van der Waals surface area contributed by atoms with Gasteiger partial charge in [-0.05, 0) is 23.8 Å². The summed E-state index contributed by atoms with van der Waals surface area (Å²) in [5, 5.41) is 0. The van der Waals surface area contributed by atoms with Gasteiger partial charge in [-0.25, -0.2) is 4.98 Å². The number of hydrogen-bond donors (Lipinski definition) is 0. The van der Waals surface area contributed by atoms with Crippen molar-refractivity contribution in [3.8, 4) is 0 Å². The van der Waals surface area contributed by atoms with Gasteiger partial charge in [-0.15, -0.1) is 0 Å². The van der Waals surface area contributed by atoms with Gasteiger partial charge >= 0.3 is 0 Å². The van der Waals surface area contributed by atoms with E-state index in [9.17, 15) is 0 Å². The Morgan fingerprint density at radius 1 is 1.19 bits per heavy atom. The van der Waals surface area contributed by atoms with Crippen LogP contribution < -0.4 is 0 Å². The van der Waals surface area contributed by atoms with Gasteiger partial charge in [0.1, 0.15) is 5.82 Å². The molecule has 1 unspecified atom stereocenters. The Balaban J connectivity index is 2.31. The molecule has 2 rings (SSSR count). The second-order valence-electron chi connectivity index (χ2n) is 5.11. The number of hydrogen-bond acceptors (Lipinski definition) is 1. The Morgan fingerprint density at radius 2 is 1.94 bits per heavy atom. The molecule has 1 aromatic rings. The van der Waals surface area contributed by atoms with E-state index < -0.39 is 0 Å². The van der Waals surface area contributed by atoms with Crippen LogP contribution in [0.25, 0.3) is 12.3 Å². The van der Waals surface area contributed by atoms with Gasteiger partial charge in [0.25, 0.3) is 0 Å². The summed E-state index contributed by atoms with van der Waals surface area (Å²) in [6.07, 6.45) is 10.9. The molecule has 1 atom stereocenters. The molecular weight excluding hydrogens is 196 g/mol. The highest BCUT2D eigenvalue weighted by Crippen LogP contribution is 2.22. The summed E-state index contributed by atoms with van der Waals surface area (Å²) in [7, 11) is 0. The topological polar surface area (TPSA) is 17.8 Å². The van der Waals surface area contributed by atoms with Gasteiger partial charge in [0.05, 0.1) is 5.69 Å². The van der Waals surface area contributed by atoms with Crippen molar-refractivity contribution in [2.75, 3.05) is 0 Å². The van der Waals surface area contributed by atoms with Crippen molar-refractivity contribution in [3.63, 3.8) is 0 Å². The lowest BCUT2D eigenvalue weighted by Gasteiger charge is -2.09. The van der Waals surface area contributed by atoms with Crippen molar-refractivity contribution < 1.29 is 0 Å². The summed E-state index contributed by atoms with van der Waals surface area (Å²) in [4.78, 5) is 4.63. The van der Waals surface area contributed by atoms with Crippen LogP contribution in [0.4, 0.5) is 0 Å². The van der Waals surface area contributed by atoms with E-state index in [2.05, 4.69) is 67.9 Å². The summed E-state index contributed by atoms with van der Waals surface area (Å²) in [6, 6.07) is 0. The molecule has 2 heteroatoms. The molecule has 0 fully saturated rings. The minimum absolute atomic E-state index is 0.488. The zero-order chi connectivity index (χ0) is 11.7. The molecule has 1 aliphatic rings. The Bertz CT molecular complexity index is 390. The van der Waals surface area contributed by atoms with Crippen LogP contribution >= 0.6 is 0 Å². The molecule has 0 saturated heterocycles. The maximum absolute atomic E-state index is 4.63. The van der Waals surface area contributed by atoms with Crippen LogP contribution in [0.5, 0.6) is 0 Å². The third kappa shape index (κ3) is 2.11. The van der Waals surface area contributed by atoms with E-state index >= 15 is 0 Å². The number of imidazole rings is 1. The van der Waals surface area contributed by atoms with Gasteiger partial charge in [-0.1, -0.05) is 39.8 Å². The molecule has 0 amide bonds. The first-order chi connectivity index (χ1) is 7.58. The Kier molecular flexibility index (Phi) is 2.99. The van der Waals surface area contributed by atoms with E-state index in [0.717, 1.165) is 11.5 Å². The summed E-state index contributed by atoms with van der Waals surface area (Å²) in [6.45, 7) is 8.83. The third-order valence-corrected chi connectivity index (χ3v) is 3.08. The average molecular weight is 216 g/mol. The molecule has 1 aromatic heterocycles. The first kappa shape index (κ1) is 11.2. The van der Waals surface area contributed by atoms with Crippen LogP contribution in [0.15, 0.2) is 18.3 Å². The fourth-order valence-electron chi connectivity index (χ4n) is 1.85. The number of fused-ring (bicyclic) bond motifs is 1. The molecule has 0 saturated carbocycles. The monoisotopic (exact) mass is 216 g/mol.